The summed E-state index contributed by atoms with van der Waals surface area (Å²) in [7, 11) is 0. The van der Waals surface area contributed by atoms with Gasteiger partial charge < -0.3 is 0 Å². The molecule has 0 saturated carbocycles. The minimum Gasteiger partial charge on any atom is -0.279 e. The fourth-order valence-electron chi connectivity index (χ4n) is 1.70. The van der Waals surface area contributed by atoms with E-state index in [2.05, 4.69) is 29.0 Å². The smallest absolute Gasteiger partial charge is 0.198 e. The van der Waals surface area contributed by atoms with Gasteiger partial charge in [0.2, 0.25) is 0 Å². The summed E-state index contributed by atoms with van der Waals surface area (Å²) < 4.78 is 2.01. The number of aryl methyl sites for hydroxylation is 2. The van der Waals surface area contributed by atoms with Gasteiger partial charge in [-0.15, -0.1) is 10.2 Å². The summed E-state index contributed by atoms with van der Waals surface area (Å²) in [5.74, 6) is 1.33. The van der Waals surface area contributed by atoms with Crippen molar-refractivity contribution in [2.45, 2.75) is 40.0 Å². The van der Waals surface area contributed by atoms with E-state index < -0.39 is 0 Å². The molecule has 0 amide bonds. The molecule has 0 N–H and O–H groups in total. The van der Waals surface area contributed by atoms with Crippen molar-refractivity contribution in [3.63, 3.8) is 0 Å². The monoisotopic (exact) mass is 238 g/mol. The average Bonchev–Trinajstić information content (AvgIpc) is 2.70. The highest BCUT2D eigenvalue weighted by Gasteiger charge is 2.17. The van der Waals surface area contributed by atoms with E-state index in [4.69, 9.17) is 11.6 Å². The van der Waals surface area contributed by atoms with Crippen LogP contribution in [0.3, 0.4) is 0 Å². The molecule has 2 aromatic rings. The first-order valence-electron chi connectivity index (χ1n) is 5.44. The molecule has 1 unspecified atom stereocenters. The van der Waals surface area contributed by atoms with E-state index in [1.165, 1.54) is 0 Å². The van der Waals surface area contributed by atoms with Crippen LogP contribution in [0.1, 0.15) is 43.4 Å². The number of hydrogen-bond acceptors (Lipinski definition) is 3. The van der Waals surface area contributed by atoms with E-state index in [0.29, 0.717) is 16.7 Å². The maximum absolute atomic E-state index is 6.06. The van der Waals surface area contributed by atoms with Crippen molar-refractivity contribution in [3.8, 4) is 0 Å². The lowest BCUT2D eigenvalue weighted by Crippen LogP contribution is -2.05. The second-order valence-corrected chi connectivity index (χ2v) is 4.46. The number of hydrogen-bond donors (Lipinski definition) is 0. The van der Waals surface area contributed by atoms with E-state index in [0.717, 1.165) is 23.6 Å². The topological polar surface area (TPSA) is 43.1 Å². The van der Waals surface area contributed by atoms with Gasteiger partial charge in [0.15, 0.2) is 10.8 Å². The third-order valence-corrected chi connectivity index (χ3v) is 3.30. The quantitative estimate of drug-likeness (QED) is 0.808. The molecule has 0 aromatic carbocycles. The Balaban J connectivity index is 2.79. The zero-order valence-electron chi connectivity index (χ0n) is 9.95. The first kappa shape index (κ1) is 11.3. The minimum atomic E-state index is 0.367. The Bertz CT molecular complexity index is 532. The first-order chi connectivity index (χ1) is 7.56. The Morgan fingerprint density at radius 2 is 2.00 bits per heavy atom. The lowest BCUT2D eigenvalue weighted by molar-refractivity contribution is 0.664. The van der Waals surface area contributed by atoms with Crippen LogP contribution < -0.4 is 0 Å². The van der Waals surface area contributed by atoms with Crippen molar-refractivity contribution in [2.24, 2.45) is 0 Å². The summed E-state index contributed by atoms with van der Waals surface area (Å²) in [6, 6.07) is 0. The molecule has 0 aliphatic rings. The molecule has 1 atom stereocenters. The van der Waals surface area contributed by atoms with Crippen LogP contribution in [0.5, 0.6) is 0 Å². The zero-order chi connectivity index (χ0) is 11.9. The van der Waals surface area contributed by atoms with Crippen LogP contribution in [0.2, 0.25) is 5.15 Å². The molecular weight excluding hydrogens is 224 g/mol. The van der Waals surface area contributed by atoms with Crippen molar-refractivity contribution < 1.29 is 0 Å². The van der Waals surface area contributed by atoms with Crippen LogP contribution in [0.15, 0.2) is 0 Å². The largest absolute Gasteiger partial charge is 0.279 e. The molecule has 2 rings (SSSR count). The fraction of sp³-hybridized carbons (Fsp3) is 0.545. The molecule has 16 heavy (non-hydrogen) atoms. The second kappa shape index (κ2) is 4.01. The van der Waals surface area contributed by atoms with Crippen LogP contribution in [0.4, 0.5) is 0 Å². The predicted molar refractivity (Wildman–Crippen MR) is 64.0 cm³/mol. The van der Waals surface area contributed by atoms with Gasteiger partial charge in [-0.2, -0.15) is 0 Å². The summed E-state index contributed by atoms with van der Waals surface area (Å²) in [5, 5.41) is 8.75. The van der Waals surface area contributed by atoms with Crippen molar-refractivity contribution >= 4 is 17.2 Å². The van der Waals surface area contributed by atoms with E-state index in [1.54, 1.807) is 0 Å². The standard InChI is InChI=1S/C11H15ClN4/c1-5-6(2)10-14-15-11-9(12)13-7(3)8(4)16(10)11/h6H,5H2,1-4H3. The second-order valence-electron chi connectivity index (χ2n) is 4.10. The van der Waals surface area contributed by atoms with E-state index in [9.17, 15) is 0 Å². The normalized spacial score (nSPS) is 13.3. The van der Waals surface area contributed by atoms with Gasteiger partial charge in [0, 0.05) is 11.6 Å². The lowest BCUT2D eigenvalue weighted by Gasteiger charge is -2.10. The summed E-state index contributed by atoms with van der Waals surface area (Å²) in [4.78, 5) is 4.24. The summed E-state index contributed by atoms with van der Waals surface area (Å²) in [6.07, 6.45) is 1.03. The molecule has 86 valence electrons. The number of halogens is 1. The molecule has 0 aliphatic heterocycles. The molecule has 0 spiro atoms. The Morgan fingerprint density at radius 3 is 2.62 bits per heavy atom. The van der Waals surface area contributed by atoms with Gasteiger partial charge in [0.25, 0.3) is 0 Å². The van der Waals surface area contributed by atoms with Crippen LogP contribution in [-0.2, 0) is 0 Å². The van der Waals surface area contributed by atoms with Crippen molar-refractivity contribution in [1.82, 2.24) is 19.6 Å². The molecule has 0 saturated heterocycles. The minimum absolute atomic E-state index is 0.367. The highest BCUT2D eigenvalue weighted by atomic mass is 35.5. The summed E-state index contributed by atoms with van der Waals surface area (Å²) in [6.45, 7) is 8.23. The summed E-state index contributed by atoms with van der Waals surface area (Å²) in [5.41, 5.74) is 2.63. The van der Waals surface area contributed by atoms with E-state index in [-0.39, 0.29) is 0 Å². The average molecular weight is 239 g/mol. The molecule has 0 aliphatic carbocycles. The van der Waals surface area contributed by atoms with Crippen molar-refractivity contribution in [3.05, 3.63) is 22.4 Å². The number of aromatic nitrogens is 4. The van der Waals surface area contributed by atoms with Crippen LogP contribution in [0, 0.1) is 13.8 Å². The molecule has 2 aromatic heterocycles. The molecule has 5 heteroatoms. The third kappa shape index (κ3) is 1.57. The van der Waals surface area contributed by atoms with Gasteiger partial charge >= 0.3 is 0 Å². The SMILES string of the molecule is CCC(C)c1nnc2c(Cl)nc(C)c(C)n12. The van der Waals surface area contributed by atoms with Gasteiger partial charge in [0.05, 0.1) is 5.69 Å². The van der Waals surface area contributed by atoms with Gasteiger partial charge in [0.1, 0.15) is 5.82 Å². The zero-order valence-corrected chi connectivity index (χ0v) is 10.7. The van der Waals surface area contributed by atoms with Gasteiger partial charge in [-0.25, -0.2) is 4.98 Å². The van der Waals surface area contributed by atoms with Crippen molar-refractivity contribution in [1.29, 1.82) is 0 Å². The Kier molecular flexibility index (Phi) is 2.84. The molecular formula is C11H15ClN4. The maximum atomic E-state index is 6.06. The van der Waals surface area contributed by atoms with Crippen LogP contribution >= 0.6 is 11.6 Å². The van der Waals surface area contributed by atoms with Gasteiger partial charge in [-0.1, -0.05) is 25.4 Å². The van der Waals surface area contributed by atoms with Crippen LogP contribution in [-0.4, -0.2) is 19.6 Å². The molecule has 2 heterocycles. The molecule has 0 radical (unpaired) electrons. The van der Waals surface area contributed by atoms with E-state index in [1.807, 2.05) is 18.2 Å². The summed E-state index contributed by atoms with van der Waals surface area (Å²) >= 11 is 6.06. The molecule has 0 fully saturated rings. The predicted octanol–water partition coefficient (Wildman–Crippen LogP) is 2.91. The number of nitrogens with zero attached hydrogens (tertiary/aromatic N) is 4. The first-order valence-corrected chi connectivity index (χ1v) is 5.81. The maximum Gasteiger partial charge on any atom is 0.198 e. The lowest BCUT2D eigenvalue weighted by atomic mass is 10.1. The van der Waals surface area contributed by atoms with Crippen LogP contribution in [0.25, 0.3) is 5.65 Å². The van der Waals surface area contributed by atoms with Gasteiger partial charge in [-0.05, 0) is 20.3 Å². The Morgan fingerprint density at radius 1 is 1.31 bits per heavy atom. The highest BCUT2D eigenvalue weighted by molar-refractivity contribution is 6.32. The Hall–Kier alpha value is -1.16. The third-order valence-electron chi connectivity index (χ3n) is 3.05. The highest BCUT2D eigenvalue weighted by Crippen LogP contribution is 2.23. The number of fused-ring (bicyclic) bond motifs is 1. The number of rotatable bonds is 2. The fourth-order valence-corrected chi connectivity index (χ4v) is 1.95. The van der Waals surface area contributed by atoms with E-state index >= 15 is 0 Å². The Labute approximate surface area is 99.7 Å². The molecule has 0 bridgehead atoms. The van der Waals surface area contributed by atoms with Gasteiger partial charge in [-0.3, -0.25) is 4.40 Å². The van der Waals surface area contributed by atoms with Crippen molar-refractivity contribution in [2.75, 3.05) is 0 Å². The molecule has 4 nitrogen and oxygen atoms in total.